The Morgan fingerprint density at radius 3 is 2.29 bits per heavy atom. The van der Waals surface area contributed by atoms with Gasteiger partial charge < -0.3 is 39.4 Å². The van der Waals surface area contributed by atoms with E-state index in [2.05, 4.69) is 15.5 Å². The maximum absolute atomic E-state index is 14.0. The van der Waals surface area contributed by atoms with Gasteiger partial charge >= 0.3 is 0 Å². The van der Waals surface area contributed by atoms with Crippen LogP contribution in [0, 0.1) is 0 Å². The minimum atomic E-state index is -0.600. The second-order valence-corrected chi connectivity index (χ2v) is 13.0. The van der Waals surface area contributed by atoms with Crippen LogP contribution in [0.5, 0.6) is 23.0 Å². The number of methoxy groups -OCH3 is 4. The van der Waals surface area contributed by atoms with Crippen molar-refractivity contribution in [3.8, 4) is 34.1 Å². The highest BCUT2D eigenvalue weighted by molar-refractivity contribution is 7.98. The number of carbonyl (C=O) groups excluding carboxylic acids is 2. The fraction of sp³-hybridized carbons (Fsp3) is 0.432. The van der Waals surface area contributed by atoms with E-state index in [4.69, 9.17) is 18.9 Å². The van der Waals surface area contributed by atoms with Crippen LogP contribution in [0.2, 0.25) is 0 Å². The summed E-state index contributed by atoms with van der Waals surface area (Å²) in [6.07, 6.45) is 3.71. The van der Waals surface area contributed by atoms with Gasteiger partial charge in [0.05, 0.1) is 45.9 Å². The number of hydrogen-bond donors (Lipinski definition) is 2. The number of nitrogens with one attached hydrogen (secondary N) is 2. The minimum absolute atomic E-state index is 0.0406. The van der Waals surface area contributed by atoms with Gasteiger partial charge in [-0.05, 0) is 78.3 Å². The lowest BCUT2D eigenvalue weighted by Gasteiger charge is -2.38. The van der Waals surface area contributed by atoms with Gasteiger partial charge in [-0.15, -0.1) is 0 Å². The molecule has 1 heterocycles. The van der Waals surface area contributed by atoms with Crippen LogP contribution in [0.1, 0.15) is 36.9 Å². The van der Waals surface area contributed by atoms with Crippen molar-refractivity contribution in [2.24, 2.45) is 0 Å². The number of carbonyl (C=O) groups is 2. The molecule has 0 unspecified atom stereocenters. The van der Waals surface area contributed by atoms with Crippen LogP contribution >= 0.6 is 11.8 Å². The molecule has 2 N–H and O–H groups in total. The number of fused-ring (bicyclic) bond motifs is 3. The first-order chi connectivity index (χ1) is 23.7. The Morgan fingerprint density at radius 2 is 1.63 bits per heavy atom. The molecule has 0 bridgehead atoms. The number of hydrogen-bond acceptors (Lipinski definition) is 10. The van der Waals surface area contributed by atoms with E-state index in [0.29, 0.717) is 73.9 Å². The van der Waals surface area contributed by atoms with Gasteiger partial charge in [-0.2, -0.15) is 11.8 Å². The van der Waals surface area contributed by atoms with Crippen molar-refractivity contribution < 1.29 is 28.5 Å². The third-order valence-corrected chi connectivity index (χ3v) is 9.82. The SMILES string of the molecule is COc1ccccc1N1CCN(C(=O)[C@H](CCSC)Nc2ccc3c(cc2=O)[C@@H](NC(C)=O)CCc2cc(OC)c(OC)c(OC)c2-3)CC1. The fourth-order valence-corrected chi connectivity index (χ4v) is 7.26. The monoisotopic (exact) mass is 690 g/mol. The van der Waals surface area contributed by atoms with Gasteiger partial charge in [-0.3, -0.25) is 14.4 Å². The topological polar surface area (TPSA) is 119 Å². The molecule has 1 aliphatic heterocycles. The van der Waals surface area contributed by atoms with Gasteiger partial charge in [0.15, 0.2) is 11.5 Å². The van der Waals surface area contributed by atoms with Gasteiger partial charge in [0.25, 0.3) is 0 Å². The predicted molar refractivity (Wildman–Crippen MR) is 195 cm³/mol. The molecule has 3 aromatic rings. The molecule has 11 nitrogen and oxygen atoms in total. The number of benzene rings is 2. The summed E-state index contributed by atoms with van der Waals surface area (Å²) in [6, 6.07) is 14.0. The molecule has 12 heteroatoms. The molecule has 49 heavy (non-hydrogen) atoms. The minimum Gasteiger partial charge on any atom is -0.495 e. The quantitative estimate of drug-likeness (QED) is 0.276. The molecule has 2 amide bonds. The summed E-state index contributed by atoms with van der Waals surface area (Å²) in [5, 5.41) is 6.38. The molecule has 5 rings (SSSR count). The number of aryl methyl sites for hydroxylation is 1. The van der Waals surface area contributed by atoms with Crippen LogP contribution in [0.4, 0.5) is 11.4 Å². The van der Waals surface area contributed by atoms with Crippen molar-refractivity contribution in [2.75, 3.05) is 76.8 Å². The maximum Gasteiger partial charge on any atom is 0.245 e. The van der Waals surface area contributed by atoms with Gasteiger partial charge in [0.2, 0.25) is 23.0 Å². The largest absolute Gasteiger partial charge is 0.495 e. The Labute approximate surface area is 292 Å². The molecule has 262 valence electrons. The third-order valence-electron chi connectivity index (χ3n) is 9.17. The lowest BCUT2D eigenvalue weighted by atomic mass is 9.95. The summed E-state index contributed by atoms with van der Waals surface area (Å²) < 4.78 is 22.8. The normalized spacial score (nSPS) is 16.0. The Bertz CT molecular complexity index is 1730. The Hall–Kier alpha value is -4.58. The fourth-order valence-electron chi connectivity index (χ4n) is 6.79. The number of piperazine rings is 1. The molecule has 0 aromatic heterocycles. The van der Waals surface area contributed by atoms with Crippen molar-refractivity contribution in [3.63, 3.8) is 0 Å². The summed E-state index contributed by atoms with van der Waals surface area (Å²) in [5.74, 6) is 2.76. The molecular weight excluding hydrogens is 644 g/mol. The average molecular weight is 691 g/mol. The van der Waals surface area contributed by atoms with E-state index in [-0.39, 0.29) is 17.2 Å². The van der Waals surface area contributed by atoms with Crippen molar-refractivity contribution in [2.45, 2.75) is 38.3 Å². The third kappa shape index (κ3) is 7.69. The van der Waals surface area contributed by atoms with E-state index in [0.717, 1.165) is 33.9 Å². The second kappa shape index (κ2) is 16.2. The molecule has 0 spiro atoms. The summed E-state index contributed by atoms with van der Waals surface area (Å²) >= 11 is 1.65. The van der Waals surface area contributed by atoms with Crippen molar-refractivity contribution in [1.29, 1.82) is 0 Å². The predicted octanol–water partition coefficient (Wildman–Crippen LogP) is 4.75. The zero-order valence-electron chi connectivity index (χ0n) is 29.1. The zero-order chi connectivity index (χ0) is 35.1. The van der Waals surface area contributed by atoms with E-state index < -0.39 is 12.1 Å². The summed E-state index contributed by atoms with van der Waals surface area (Å²) in [4.78, 5) is 44.5. The van der Waals surface area contributed by atoms with Gasteiger partial charge in [-0.25, -0.2) is 0 Å². The highest BCUT2D eigenvalue weighted by Gasteiger charge is 2.31. The first-order valence-corrected chi connectivity index (χ1v) is 17.8. The first-order valence-electron chi connectivity index (χ1n) is 16.4. The van der Waals surface area contributed by atoms with E-state index in [9.17, 15) is 14.4 Å². The molecule has 3 aromatic carbocycles. The number of rotatable bonds is 12. The van der Waals surface area contributed by atoms with Crippen LogP contribution in [0.15, 0.2) is 53.3 Å². The molecule has 0 saturated carbocycles. The Kier molecular flexibility index (Phi) is 11.8. The van der Waals surface area contributed by atoms with Crippen molar-refractivity contribution >= 4 is 35.0 Å². The molecule has 0 radical (unpaired) electrons. The standard InChI is InChI=1S/C37H46N4O7S/c1-23(42)38-27-13-11-24-21-33(46-3)35(47-4)36(48-5)34(24)25-12-14-28(31(43)22-26(25)27)39-29(15-20-49-6)37(44)41-18-16-40(17-19-41)30-9-7-8-10-32(30)45-2/h7-10,12,14,21-22,27,29H,11,13,15-20H2,1-6H3,(H,38,42)(H,39,43)/t27-,29-/m0/s1. The van der Waals surface area contributed by atoms with Gasteiger partial charge in [0.1, 0.15) is 11.8 Å². The number of amides is 2. The van der Waals surface area contributed by atoms with Gasteiger partial charge in [0, 0.05) is 38.7 Å². The maximum atomic E-state index is 14.0. The molecule has 1 saturated heterocycles. The van der Waals surface area contributed by atoms with E-state index in [1.165, 1.54) is 6.92 Å². The van der Waals surface area contributed by atoms with Crippen molar-refractivity contribution in [1.82, 2.24) is 10.2 Å². The highest BCUT2D eigenvalue weighted by atomic mass is 32.2. The lowest BCUT2D eigenvalue weighted by molar-refractivity contribution is -0.132. The second-order valence-electron chi connectivity index (χ2n) is 12.1. The number of nitrogens with zero attached hydrogens (tertiary/aromatic N) is 2. The van der Waals surface area contributed by atoms with Crippen LogP contribution in [-0.4, -0.2) is 89.4 Å². The van der Waals surface area contributed by atoms with E-state index in [1.54, 1.807) is 52.3 Å². The zero-order valence-corrected chi connectivity index (χ0v) is 29.9. The lowest BCUT2D eigenvalue weighted by Crippen LogP contribution is -2.53. The summed E-state index contributed by atoms with van der Waals surface area (Å²) in [5.41, 5.74) is 4.15. The number of ether oxygens (including phenoxy) is 4. The highest BCUT2D eigenvalue weighted by Crippen LogP contribution is 2.50. The van der Waals surface area contributed by atoms with Crippen LogP contribution in [0.25, 0.3) is 11.1 Å². The molecule has 2 atom stereocenters. The number of anilines is 2. The Morgan fingerprint density at radius 1 is 0.918 bits per heavy atom. The average Bonchev–Trinajstić information content (AvgIpc) is 3.36. The van der Waals surface area contributed by atoms with Crippen LogP contribution in [-0.2, 0) is 16.0 Å². The molecule has 2 aliphatic rings. The number of thioether (sulfide) groups is 1. The molecule has 1 aliphatic carbocycles. The Balaban J connectivity index is 1.49. The van der Waals surface area contributed by atoms with Crippen LogP contribution in [0.3, 0.4) is 0 Å². The summed E-state index contributed by atoms with van der Waals surface area (Å²) in [7, 11) is 6.36. The van der Waals surface area contributed by atoms with Crippen LogP contribution < -0.4 is 39.9 Å². The molecule has 1 fully saturated rings. The summed E-state index contributed by atoms with van der Waals surface area (Å²) in [6.45, 7) is 3.91. The molecular formula is C37H46N4O7S. The first kappa shape index (κ1) is 35.7. The van der Waals surface area contributed by atoms with E-state index >= 15 is 0 Å². The van der Waals surface area contributed by atoms with E-state index in [1.807, 2.05) is 47.6 Å². The van der Waals surface area contributed by atoms with Crippen molar-refractivity contribution in [3.05, 3.63) is 69.9 Å². The van der Waals surface area contributed by atoms with Gasteiger partial charge in [-0.1, -0.05) is 18.2 Å². The smallest absolute Gasteiger partial charge is 0.245 e. The number of para-hydroxylation sites is 2.